The van der Waals surface area contributed by atoms with Crippen LogP contribution in [0.15, 0.2) is 65.9 Å². The maximum absolute atomic E-state index is 13.0. The highest BCUT2D eigenvalue weighted by Gasteiger charge is 2.40. The van der Waals surface area contributed by atoms with E-state index in [0.29, 0.717) is 22.8 Å². The summed E-state index contributed by atoms with van der Waals surface area (Å²) in [5.74, 6) is -1.59. The first kappa shape index (κ1) is 21.1. The number of anilines is 2. The summed E-state index contributed by atoms with van der Waals surface area (Å²) in [6.45, 7) is 3.52. The van der Waals surface area contributed by atoms with E-state index in [9.17, 15) is 14.4 Å². The summed E-state index contributed by atoms with van der Waals surface area (Å²) >= 11 is 0. The molecule has 0 unspecified atom stereocenters. The molecule has 1 heterocycles. The molecule has 7 heteroatoms. The Bertz CT molecular complexity index is 967. The summed E-state index contributed by atoms with van der Waals surface area (Å²) in [5.41, 5.74) is 1.76. The van der Waals surface area contributed by atoms with Gasteiger partial charge in [0.2, 0.25) is 11.8 Å². The molecule has 0 spiro atoms. The lowest BCUT2D eigenvalue weighted by molar-refractivity contribution is -0.141. The second kappa shape index (κ2) is 9.26. The molecule has 0 saturated carbocycles. The predicted octanol–water partition coefficient (Wildman–Crippen LogP) is 3.52. The van der Waals surface area contributed by atoms with E-state index in [0.717, 1.165) is 0 Å². The summed E-state index contributed by atoms with van der Waals surface area (Å²) in [6.07, 6.45) is -0.137. The van der Waals surface area contributed by atoms with Gasteiger partial charge in [-0.3, -0.25) is 14.5 Å². The largest absolute Gasteiger partial charge is 0.497 e. The van der Waals surface area contributed by atoms with Gasteiger partial charge in [-0.1, -0.05) is 18.2 Å². The number of esters is 1. The highest BCUT2D eigenvalue weighted by Crippen LogP contribution is 2.34. The number of nitrogens with zero attached hydrogens (tertiary/aromatic N) is 1. The summed E-state index contributed by atoms with van der Waals surface area (Å²) in [6, 6.07) is 15.8. The third-order valence-corrected chi connectivity index (χ3v) is 4.89. The molecule has 2 amide bonds. The zero-order valence-corrected chi connectivity index (χ0v) is 17.2. The second-order valence-corrected chi connectivity index (χ2v) is 6.76. The minimum Gasteiger partial charge on any atom is -0.497 e. The van der Waals surface area contributed by atoms with Crippen LogP contribution in [0.3, 0.4) is 0 Å². The van der Waals surface area contributed by atoms with Crippen molar-refractivity contribution in [3.05, 3.63) is 65.9 Å². The van der Waals surface area contributed by atoms with Gasteiger partial charge in [-0.25, -0.2) is 4.79 Å². The highest BCUT2D eigenvalue weighted by atomic mass is 16.5. The van der Waals surface area contributed by atoms with E-state index in [-0.39, 0.29) is 24.5 Å². The monoisotopic (exact) mass is 408 g/mol. The Morgan fingerprint density at radius 2 is 1.77 bits per heavy atom. The molecule has 1 aliphatic rings. The Morgan fingerprint density at radius 1 is 1.10 bits per heavy atom. The number of benzene rings is 2. The van der Waals surface area contributed by atoms with Gasteiger partial charge in [0.25, 0.3) is 0 Å². The number of carbonyl (C=O) groups excluding carboxylic acids is 3. The van der Waals surface area contributed by atoms with Crippen molar-refractivity contribution in [2.24, 2.45) is 5.92 Å². The summed E-state index contributed by atoms with van der Waals surface area (Å²) in [7, 11) is 1.55. The number of rotatable bonds is 6. The first-order chi connectivity index (χ1) is 14.5. The van der Waals surface area contributed by atoms with Crippen LogP contribution in [0.4, 0.5) is 11.4 Å². The second-order valence-electron chi connectivity index (χ2n) is 6.76. The minimum atomic E-state index is -0.946. The van der Waals surface area contributed by atoms with E-state index < -0.39 is 17.8 Å². The van der Waals surface area contributed by atoms with Crippen LogP contribution >= 0.6 is 0 Å². The number of nitrogens with one attached hydrogen (secondary N) is 1. The van der Waals surface area contributed by atoms with E-state index in [1.54, 1.807) is 57.4 Å². The van der Waals surface area contributed by atoms with Crippen molar-refractivity contribution in [2.45, 2.75) is 20.3 Å². The molecule has 0 bridgehead atoms. The zero-order chi connectivity index (χ0) is 21.7. The fourth-order valence-electron chi connectivity index (χ4n) is 3.47. The van der Waals surface area contributed by atoms with Crippen LogP contribution in [0.2, 0.25) is 0 Å². The number of para-hydroxylation sites is 1. The van der Waals surface area contributed by atoms with Crippen molar-refractivity contribution in [3.8, 4) is 5.75 Å². The van der Waals surface area contributed by atoms with Crippen molar-refractivity contribution >= 4 is 29.2 Å². The number of amides is 2. The fourth-order valence-corrected chi connectivity index (χ4v) is 3.47. The van der Waals surface area contributed by atoms with Crippen LogP contribution in [-0.2, 0) is 19.1 Å². The number of carbonyl (C=O) groups is 3. The van der Waals surface area contributed by atoms with Crippen molar-refractivity contribution < 1.29 is 23.9 Å². The van der Waals surface area contributed by atoms with Crippen LogP contribution in [0.1, 0.15) is 20.3 Å². The fraction of sp³-hybridized carbons (Fsp3) is 0.261. The molecule has 2 aromatic rings. The molecular weight excluding hydrogens is 384 g/mol. The molecule has 0 radical (unpaired) electrons. The normalized spacial score (nSPS) is 16.3. The lowest BCUT2D eigenvalue weighted by Crippen LogP contribution is -2.43. The van der Waals surface area contributed by atoms with Gasteiger partial charge in [-0.2, -0.15) is 0 Å². The quantitative estimate of drug-likeness (QED) is 0.739. The van der Waals surface area contributed by atoms with Gasteiger partial charge >= 0.3 is 5.97 Å². The Morgan fingerprint density at radius 3 is 2.37 bits per heavy atom. The van der Waals surface area contributed by atoms with Crippen molar-refractivity contribution in [1.29, 1.82) is 0 Å². The predicted molar refractivity (Wildman–Crippen MR) is 113 cm³/mol. The van der Waals surface area contributed by atoms with Gasteiger partial charge in [-0.05, 0) is 50.2 Å². The molecule has 1 aliphatic heterocycles. The maximum atomic E-state index is 13.0. The SMILES string of the molecule is CCOC(=O)C1=C(C)N(c2ccccc2)C(=O)C[C@H]1C(=O)Nc1ccc(OC)cc1. The van der Waals surface area contributed by atoms with E-state index in [2.05, 4.69) is 5.32 Å². The van der Waals surface area contributed by atoms with Crippen LogP contribution in [0.5, 0.6) is 5.75 Å². The summed E-state index contributed by atoms with van der Waals surface area (Å²) in [5, 5.41) is 2.78. The van der Waals surface area contributed by atoms with Crippen molar-refractivity contribution in [2.75, 3.05) is 23.9 Å². The number of hydrogen-bond donors (Lipinski definition) is 1. The lowest BCUT2D eigenvalue weighted by atomic mass is 9.88. The number of allylic oxidation sites excluding steroid dienone is 1. The third-order valence-electron chi connectivity index (χ3n) is 4.89. The van der Waals surface area contributed by atoms with Gasteiger partial charge in [0.05, 0.1) is 25.2 Å². The lowest BCUT2D eigenvalue weighted by Gasteiger charge is -2.33. The Balaban J connectivity index is 1.95. The maximum Gasteiger partial charge on any atom is 0.336 e. The molecule has 0 aliphatic carbocycles. The van der Waals surface area contributed by atoms with Crippen LogP contribution in [0.25, 0.3) is 0 Å². The van der Waals surface area contributed by atoms with E-state index in [4.69, 9.17) is 9.47 Å². The van der Waals surface area contributed by atoms with Crippen LogP contribution in [0, 0.1) is 5.92 Å². The van der Waals surface area contributed by atoms with Gasteiger partial charge in [0.15, 0.2) is 0 Å². The van der Waals surface area contributed by atoms with Gasteiger partial charge in [-0.15, -0.1) is 0 Å². The van der Waals surface area contributed by atoms with Crippen molar-refractivity contribution in [1.82, 2.24) is 0 Å². The average molecular weight is 408 g/mol. The average Bonchev–Trinajstić information content (AvgIpc) is 2.74. The molecule has 1 N–H and O–H groups in total. The smallest absolute Gasteiger partial charge is 0.336 e. The molecule has 0 aromatic heterocycles. The van der Waals surface area contributed by atoms with Crippen molar-refractivity contribution in [3.63, 3.8) is 0 Å². The summed E-state index contributed by atoms with van der Waals surface area (Å²) < 4.78 is 10.3. The molecule has 7 nitrogen and oxygen atoms in total. The minimum absolute atomic E-state index is 0.137. The Hall–Kier alpha value is -3.61. The van der Waals surface area contributed by atoms with Crippen LogP contribution < -0.4 is 15.0 Å². The van der Waals surface area contributed by atoms with E-state index in [1.165, 1.54) is 4.90 Å². The standard InChI is InChI=1S/C23H24N2O5/c1-4-30-23(28)21-15(2)25(17-8-6-5-7-9-17)20(26)14-19(21)22(27)24-16-10-12-18(29-3)13-11-16/h5-13,19H,4,14H2,1-3H3,(H,24,27)/t19-/m1/s1. The molecular formula is C23H24N2O5. The Kier molecular flexibility index (Phi) is 6.51. The van der Waals surface area contributed by atoms with Gasteiger partial charge < -0.3 is 14.8 Å². The van der Waals surface area contributed by atoms with Crippen LogP contribution in [-0.4, -0.2) is 31.5 Å². The molecule has 30 heavy (non-hydrogen) atoms. The van der Waals surface area contributed by atoms with E-state index >= 15 is 0 Å². The molecule has 0 saturated heterocycles. The number of methoxy groups -OCH3 is 1. The van der Waals surface area contributed by atoms with Gasteiger partial charge in [0, 0.05) is 23.5 Å². The first-order valence-electron chi connectivity index (χ1n) is 9.67. The molecule has 0 fully saturated rings. The topological polar surface area (TPSA) is 84.9 Å². The number of ether oxygens (including phenoxy) is 2. The third kappa shape index (κ3) is 4.35. The highest BCUT2D eigenvalue weighted by molar-refractivity contribution is 6.10. The van der Waals surface area contributed by atoms with Gasteiger partial charge in [0.1, 0.15) is 5.75 Å². The first-order valence-corrected chi connectivity index (χ1v) is 9.67. The number of hydrogen-bond acceptors (Lipinski definition) is 5. The molecule has 156 valence electrons. The van der Waals surface area contributed by atoms with E-state index in [1.807, 2.05) is 18.2 Å². The molecule has 2 aromatic carbocycles. The zero-order valence-electron chi connectivity index (χ0n) is 17.2. The molecule has 1 atom stereocenters. The molecule has 3 rings (SSSR count). The Labute approximate surface area is 175 Å². The summed E-state index contributed by atoms with van der Waals surface area (Å²) in [4.78, 5) is 40.1.